The zero-order chi connectivity index (χ0) is 19.4. The molecule has 142 valence electrons. The number of oxime groups is 1. The first kappa shape index (κ1) is 18.9. The summed E-state index contributed by atoms with van der Waals surface area (Å²) in [4.78, 5) is 12.2. The summed E-state index contributed by atoms with van der Waals surface area (Å²) in [5, 5.41) is 4.19. The van der Waals surface area contributed by atoms with Crippen LogP contribution in [0.4, 0.5) is 10.1 Å². The molecule has 0 bridgehead atoms. The zero-order valence-corrected chi connectivity index (χ0v) is 16.1. The Balaban J connectivity index is 1.82. The summed E-state index contributed by atoms with van der Waals surface area (Å²) in [6, 6.07) is 10.2. The van der Waals surface area contributed by atoms with E-state index in [1.165, 1.54) is 12.1 Å². The molecule has 1 atom stereocenters. The highest BCUT2D eigenvalue weighted by atomic mass is 19.1. The molecule has 0 aliphatic carbocycles. The number of benzene rings is 2. The van der Waals surface area contributed by atoms with Gasteiger partial charge in [0, 0.05) is 31.6 Å². The Bertz CT molecular complexity index is 862. The molecule has 0 N–H and O–H groups in total. The summed E-state index contributed by atoms with van der Waals surface area (Å²) in [6.45, 7) is 4.97. The summed E-state index contributed by atoms with van der Waals surface area (Å²) in [6.07, 6.45) is 2.17. The van der Waals surface area contributed by atoms with Crippen molar-refractivity contribution in [2.45, 2.75) is 26.4 Å². The quantitative estimate of drug-likeness (QED) is 0.551. The van der Waals surface area contributed by atoms with E-state index in [0.29, 0.717) is 12.2 Å². The van der Waals surface area contributed by atoms with E-state index in [1.807, 2.05) is 37.3 Å². The first-order chi connectivity index (χ1) is 13.0. The van der Waals surface area contributed by atoms with Crippen LogP contribution in [0.1, 0.15) is 36.1 Å². The molecule has 1 unspecified atom stereocenters. The molecule has 0 radical (unpaired) electrons. The van der Waals surface area contributed by atoms with Gasteiger partial charge in [0.15, 0.2) is 6.10 Å². The van der Waals surface area contributed by atoms with Gasteiger partial charge in [-0.25, -0.2) is 9.38 Å². The van der Waals surface area contributed by atoms with Crippen LogP contribution in [0.15, 0.2) is 46.5 Å². The molecule has 0 amide bonds. The first-order valence-electron chi connectivity index (χ1n) is 8.93. The average Bonchev–Trinajstić information content (AvgIpc) is 3.17. The zero-order valence-electron chi connectivity index (χ0n) is 16.1. The molecule has 0 aromatic heterocycles. The van der Waals surface area contributed by atoms with Crippen molar-refractivity contribution in [3.8, 4) is 5.75 Å². The van der Waals surface area contributed by atoms with Crippen LogP contribution < -0.4 is 4.74 Å². The second kappa shape index (κ2) is 8.20. The summed E-state index contributed by atoms with van der Waals surface area (Å²) >= 11 is 0. The van der Waals surface area contributed by atoms with Crippen molar-refractivity contribution in [2.24, 2.45) is 10.1 Å². The third-order valence-corrected chi connectivity index (χ3v) is 4.63. The number of halogens is 1. The molecule has 2 aromatic carbocycles. The summed E-state index contributed by atoms with van der Waals surface area (Å²) < 4.78 is 18.7. The van der Waals surface area contributed by atoms with Gasteiger partial charge in [-0.1, -0.05) is 17.3 Å². The van der Waals surface area contributed by atoms with E-state index in [-0.39, 0.29) is 11.9 Å². The van der Waals surface area contributed by atoms with Gasteiger partial charge in [0.1, 0.15) is 11.6 Å². The lowest BCUT2D eigenvalue weighted by Gasteiger charge is -2.16. The van der Waals surface area contributed by atoms with E-state index < -0.39 is 0 Å². The second-order valence-corrected chi connectivity index (χ2v) is 6.54. The molecular weight excluding hydrogens is 345 g/mol. The fourth-order valence-electron chi connectivity index (χ4n) is 2.87. The smallest absolute Gasteiger partial charge is 0.161 e. The van der Waals surface area contributed by atoms with Crippen molar-refractivity contribution >= 4 is 17.7 Å². The Morgan fingerprint density at radius 2 is 2.07 bits per heavy atom. The third kappa shape index (κ3) is 4.27. The van der Waals surface area contributed by atoms with E-state index >= 15 is 0 Å². The highest BCUT2D eigenvalue weighted by molar-refractivity contribution is 6.01. The summed E-state index contributed by atoms with van der Waals surface area (Å²) in [5.41, 5.74) is 4.47. The molecule has 0 fully saturated rings. The Morgan fingerprint density at radius 3 is 2.74 bits per heavy atom. The van der Waals surface area contributed by atoms with Crippen LogP contribution >= 0.6 is 0 Å². The van der Waals surface area contributed by atoms with Gasteiger partial charge in [-0.05, 0) is 43.2 Å². The number of ether oxygens (including phenoxy) is 1. The molecule has 1 aliphatic heterocycles. The van der Waals surface area contributed by atoms with Gasteiger partial charge < -0.3 is 14.5 Å². The number of nitrogens with zero attached hydrogens (tertiary/aromatic N) is 3. The number of hydrogen-bond donors (Lipinski definition) is 0. The number of aryl methyl sites for hydroxylation is 1. The predicted molar refractivity (Wildman–Crippen MR) is 106 cm³/mol. The van der Waals surface area contributed by atoms with Crippen LogP contribution in [-0.2, 0) is 4.84 Å². The Labute approximate surface area is 159 Å². The number of rotatable bonds is 6. The summed E-state index contributed by atoms with van der Waals surface area (Å²) in [7, 11) is 3.61. The van der Waals surface area contributed by atoms with E-state index in [9.17, 15) is 4.39 Å². The van der Waals surface area contributed by atoms with Crippen LogP contribution in [-0.4, -0.2) is 37.7 Å². The maximum atomic E-state index is 13.1. The lowest BCUT2D eigenvalue weighted by atomic mass is 9.97. The number of hydrogen-bond acceptors (Lipinski definition) is 4. The molecule has 6 heteroatoms. The normalized spacial score (nSPS) is 16.3. The second-order valence-electron chi connectivity index (χ2n) is 6.54. The molecule has 3 rings (SSSR count). The first-order valence-corrected chi connectivity index (χ1v) is 8.93. The van der Waals surface area contributed by atoms with Gasteiger partial charge in [0.25, 0.3) is 0 Å². The van der Waals surface area contributed by atoms with Gasteiger partial charge in [0.05, 0.1) is 24.8 Å². The number of aliphatic imine (C=N–C) groups is 1. The maximum absolute atomic E-state index is 13.1. The van der Waals surface area contributed by atoms with Crippen LogP contribution in [0.25, 0.3) is 0 Å². The molecular formula is C21H24FN3O2. The Hall–Kier alpha value is -2.89. The third-order valence-electron chi connectivity index (χ3n) is 4.63. The Kier molecular flexibility index (Phi) is 5.74. The van der Waals surface area contributed by atoms with Crippen LogP contribution in [0.5, 0.6) is 5.75 Å². The van der Waals surface area contributed by atoms with Crippen molar-refractivity contribution in [1.29, 1.82) is 0 Å². The minimum atomic E-state index is -0.267. The molecule has 1 aliphatic rings. The van der Waals surface area contributed by atoms with Crippen LogP contribution in [0.3, 0.4) is 0 Å². The maximum Gasteiger partial charge on any atom is 0.161 e. The van der Waals surface area contributed by atoms with Crippen molar-refractivity contribution in [3.05, 3.63) is 58.9 Å². The SMILES string of the molecule is CCN(C)/C=N/c1cc(OC)c(C2CC(c3ccc(F)cc3)=NO2)cc1C. The van der Waals surface area contributed by atoms with E-state index in [0.717, 1.165) is 34.6 Å². The minimum Gasteiger partial charge on any atom is -0.496 e. The van der Waals surface area contributed by atoms with Gasteiger partial charge in [0.2, 0.25) is 0 Å². The lowest BCUT2D eigenvalue weighted by molar-refractivity contribution is 0.0836. The van der Waals surface area contributed by atoms with E-state index in [1.54, 1.807) is 19.2 Å². The van der Waals surface area contributed by atoms with Gasteiger partial charge in [-0.2, -0.15) is 0 Å². The molecule has 2 aromatic rings. The monoisotopic (exact) mass is 369 g/mol. The van der Waals surface area contributed by atoms with E-state index in [2.05, 4.69) is 17.1 Å². The van der Waals surface area contributed by atoms with Gasteiger partial charge in [-0.15, -0.1) is 0 Å². The molecule has 27 heavy (non-hydrogen) atoms. The molecule has 0 saturated carbocycles. The van der Waals surface area contributed by atoms with Crippen molar-refractivity contribution < 1.29 is 14.0 Å². The molecule has 5 nitrogen and oxygen atoms in total. The highest BCUT2D eigenvalue weighted by Crippen LogP contribution is 2.38. The fourth-order valence-corrected chi connectivity index (χ4v) is 2.87. The van der Waals surface area contributed by atoms with Gasteiger partial charge in [-0.3, -0.25) is 0 Å². The predicted octanol–water partition coefficient (Wildman–Crippen LogP) is 4.62. The van der Waals surface area contributed by atoms with Crippen molar-refractivity contribution in [1.82, 2.24) is 4.90 Å². The largest absolute Gasteiger partial charge is 0.496 e. The van der Waals surface area contributed by atoms with Crippen molar-refractivity contribution in [3.63, 3.8) is 0 Å². The van der Waals surface area contributed by atoms with Crippen LogP contribution in [0.2, 0.25) is 0 Å². The van der Waals surface area contributed by atoms with Crippen LogP contribution in [0, 0.1) is 12.7 Å². The fraction of sp³-hybridized carbons (Fsp3) is 0.333. The molecule has 0 spiro atoms. The van der Waals surface area contributed by atoms with E-state index in [4.69, 9.17) is 9.57 Å². The van der Waals surface area contributed by atoms with Crippen molar-refractivity contribution in [2.75, 3.05) is 20.7 Å². The molecule has 0 saturated heterocycles. The van der Waals surface area contributed by atoms with Gasteiger partial charge >= 0.3 is 0 Å². The lowest BCUT2D eigenvalue weighted by Crippen LogP contribution is -2.14. The molecule has 1 heterocycles. The minimum absolute atomic E-state index is 0.241. The topological polar surface area (TPSA) is 46.4 Å². The summed E-state index contributed by atoms with van der Waals surface area (Å²) in [5.74, 6) is 0.449. The Morgan fingerprint density at radius 1 is 1.33 bits per heavy atom. The standard InChI is InChI=1S/C21H24FN3O2/c1-5-25(3)13-23-18-11-20(26-4)17(10-14(18)2)21-12-19(24-27-21)15-6-8-16(22)9-7-15/h6-11,13,21H,5,12H2,1-4H3/b23-13+. The highest BCUT2D eigenvalue weighted by Gasteiger charge is 2.27. The number of methoxy groups -OCH3 is 1. The average molecular weight is 369 g/mol.